The standard InChI is InChI=1S/C19H22N2O3/c1-14-5-6-16(12-15(14)2)19(23)21-9-7-20(8-10-21)13-17(22)18-4-3-11-24-18/h3-6,11-12H,7-10,13H2,1-2H3. The predicted octanol–water partition coefficient (Wildman–Crippen LogP) is 2.54. The van der Waals surface area contributed by atoms with E-state index in [1.165, 1.54) is 11.8 Å². The maximum atomic E-state index is 12.6. The number of benzene rings is 1. The van der Waals surface area contributed by atoms with Gasteiger partial charge < -0.3 is 9.32 Å². The Balaban J connectivity index is 1.55. The van der Waals surface area contributed by atoms with Crippen molar-refractivity contribution in [2.75, 3.05) is 32.7 Å². The molecule has 0 unspecified atom stereocenters. The fraction of sp³-hybridized carbons (Fsp3) is 0.368. The Morgan fingerprint density at radius 3 is 2.42 bits per heavy atom. The van der Waals surface area contributed by atoms with Crippen LogP contribution in [-0.2, 0) is 0 Å². The third-order valence-electron chi connectivity index (χ3n) is 4.58. The van der Waals surface area contributed by atoms with E-state index in [0.717, 1.165) is 11.1 Å². The minimum Gasteiger partial charge on any atom is -0.461 e. The molecule has 0 N–H and O–H groups in total. The number of piperazine rings is 1. The Labute approximate surface area is 141 Å². The molecular weight excluding hydrogens is 304 g/mol. The molecule has 0 atom stereocenters. The molecule has 1 aliphatic rings. The topological polar surface area (TPSA) is 53.8 Å². The Kier molecular flexibility index (Phi) is 4.81. The lowest BCUT2D eigenvalue weighted by Crippen LogP contribution is -2.49. The van der Waals surface area contributed by atoms with Crippen molar-refractivity contribution in [2.45, 2.75) is 13.8 Å². The van der Waals surface area contributed by atoms with Gasteiger partial charge in [-0.3, -0.25) is 14.5 Å². The number of hydrogen-bond donors (Lipinski definition) is 0. The van der Waals surface area contributed by atoms with E-state index in [0.29, 0.717) is 38.5 Å². The van der Waals surface area contributed by atoms with Crippen molar-refractivity contribution in [3.05, 3.63) is 59.0 Å². The third-order valence-corrected chi connectivity index (χ3v) is 4.58. The molecule has 1 aromatic heterocycles. The van der Waals surface area contributed by atoms with E-state index in [2.05, 4.69) is 4.90 Å². The molecule has 1 aliphatic heterocycles. The molecule has 0 saturated carbocycles. The van der Waals surface area contributed by atoms with Gasteiger partial charge in [-0.1, -0.05) is 6.07 Å². The Hall–Kier alpha value is -2.40. The molecule has 1 aromatic carbocycles. The van der Waals surface area contributed by atoms with Crippen LogP contribution in [0.3, 0.4) is 0 Å². The van der Waals surface area contributed by atoms with Crippen LogP contribution in [0.5, 0.6) is 0 Å². The predicted molar refractivity (Wildman–Crippen MR) is 91.3 cm³/mol. The molecule has 126 valence electrons. The van der Waals surface area contributed by atoms with Gasteiger partial charge in [-0.15, -0.1) is 0 Å². The molecule has 24 heavy (non-hydrogen) atoms. The fourth-order valence-corrected chi connectivity index (χ4v) is 2.88. The summed E-state index contributed by atoms with van der Waals surface area (Å²) in [7, 11) is 0. The van der Waals surface area contributed by atoms with Crippen molar-refractivity contribution in [3.8, 4) is 0 Å². The maximum Gasteiger partial charge on any atom is 0.253 e. The van der Waals surface area contributed by atoms with Crippen LogP contribution in [0.2, 0.25) is 0 Å². The van der Waals surface area contributed by atoms with Gasteiger partial charge in [0.2, 0.25) is 5.78 Å². The van der Waals surface area contributed by atoms with Gasteiger partial charge in [0.1, 0.15) is 0 Å². The van der Waals surface area contributed by atoms with E-state index in [-0.39, 0.29) is 11.7 Å². The summed E-state index contributed by atoms with van der Waals surface area (Å²) in [4.78, 5) is 28.6. The number of carbonyl (C=O) groups excluding carboxylic acids is 2. The van der Waals surface area contributed by atoms with Gasteiger partial charge in [0.15, 0.2) is 5.76 Å². The molecule has 0 radical (unpaired) electrons. The zero-order valence-corrected chi connectivity index (χ0v) is 14.1. The van der Waals surface area contributed by atoms with Crippen molar-refractivity contribution in [1.29, 1.82) is 0 Å². The molecule has 0 bridgehead atoms. The summed E-state index contributed by atoms with van der Waals surface area (Å²) in [6, 6.07) is 9.22. The first-order valence-corrected chi connectivity index (χ1v) is 8.20. The zero-order valence-electron chi connectivity index (χ0n) is 14.1. The lowest BCUT2D eigenvalue weighted by atomic mass is 10.1. The number of Topliss-reactive ketones (excluding diaryl/α,β-unsaturated/α-hetero) is 1. The Morgan fingerprint density at radius 1 is 1.04 bits per heavy atom. The van der Waals surface area contributed by atoms with Crippen LogP contribution in [-0.4, -0.2) is 54.2 Å². The highest BCUT2D eigenvalue weighted by molar-refractivity contribution is 5.95. The van der Waals surface area contributed by atoms with Gasteiger partial charge in [-0.05, 0) is 49.2 Å². The summed E-state index contributed by atoms with van der Waals surface area (Å²) in [6.07, 6.45) is 1.51. The monoisotopic (exact) mass is 326 g/mol. The fourth-order valence-electron chi connectivity index (χ4n) is 2.88. The second-order valence-electron chi connectivity index (χ2n) is 6.27. The van der Waals surface area contributed by atoms with Gasteiger partial charge in [-0.25, -0.2) is 0 Å². The largest absolute Gasteiger partial charge is 0.461 e. The van der Waals surface area contributed by atoms with E-state index in [4.69, 9.17) is 4.42 Å². The number of rotatable bonds is 4. The number of amides is 1. The van der Waals surface area contributed by atoms with Gasteiger partial charge in [-0.2, -0.15) is 0 Å². The maximum absolute atomic E-state index is 12.6. The van der Waals surface area contributed by atoms with Crippen LogP contribution in [0.1, 0.15) is 32.0 Å². The number of ketones is 1. The molecule has 5 heteroatoms. The van der Waals surface area contributed by atoms with Gasteiger partial charge >= 0.3 is 0 Å². The van der Waals surface area contributed by atoms with Crippen molar-refractivity contribution in [2.24, 2.45) is 0 Å². The molecule has 5 nitrogen and oxygen atoms in total. The first kappa shape index (κ1) is 16.5. The number of nitrogens with zero attached hydrogens (tertiary/aromatic N) is 2. The highest BCUT2D eigenvalue weighted by Crippen LogP contribution is 2.14. The summed E-state index contributed by atoms with van der Waals surface area (Å²) < 4.78 is 5.13. The molecular formula is C19H22N2O3. The van der Waals surface area contributed by atoms with Crippen LogP contribution >= 0.6 is 0 Å². The third kappa shape index (κ3) is 3.57. The molecule has 2 aromatic rings. The Morgan fingerprint density at radius 2 is 1.79 bits per heavy atom. The van der Waals surface area contributed by atoms with Crippen LogP contribution in [0.4, 0.5) is 0 Å². The van der Waals surface area contributed by atoms with Crippen molar-refractivity contribution >= 4 is 11.7 Å². The molecule has 0 aliphatic carbocycles. The van der Waals surface area contributed by atoms with Gasteiger partial charge in [0.05, 0.1) is 12.8 Å². The molecule has 3 rings (SSSR count). The summed E-state index contributed by atoms with van der Waals surface area (Å²) in [6.45, 7) is 7.06. The summed E-state index contributed by atoms with van der Waals surface area (Å²) >= 11 is 0. The normalized spacial score (nSPS) is 15.5. The number of hydrogen-bond acceptors (Lipinski definition) is 4. The van der Waals surface area contributed by atoms with Gasteiger partial charge in [0.25, 0.3) is 5.91 Å². The quantitative estimate of drug-likeness (QED) is 0.810. The lowest BCUT2D eigenvalue weighted by molar-refractivity contribution is 0.0620. The SMILES string of the molecule is Cc1ccc(C(=O)N2CCN(CC(=O)c3ccco3)CC2)cc1C. The zero-order chi connectivity index (χ0) is 17.1. The van der Waals surface area contributed by atoms with Crippen molar-refractivity contribution in [1.82, 2.24) is 9.80 Å². The summed E-state index contributed by atoms with van der Waals surface area (Å²) in [5, 5.41) is 0. The molecule has 1 fully saturated rings. The average Bonchev–Trinajstić information content (AvgIpc) is 3.12. The first-order valence-electron chi connectivity index (χ1n) is 8.20. The van der Waals surface area contributed by atoms with Gasteiger partial charge in [0, 0.05) is 31.7 Å². The van der Waals surface area contributed by atoms with E-state index in [1.54, 1.807) is 12.1 Å². The van der Waals surface area contributed by atoms with Crippen LogP contribution in [0.15, 0.2) is 41.0 Å². The number of aryl methyl sites for hydroxylation is 2. The highest BCUT2D eigenvalue weighted by Gasteiger charge is 2.24. The number of furan rings is 1. The van der Waals surface area contributed by atoms with Crippen molar-refractivity contribution in [3.63, 3.8) is 0 Å². The minimum absolute atomic E-state index is 0.0195. The minimum atomic E-state index is -0.0195. The first-order chi connectivity index (χ1) is 11.5. The second kappa shape index (κ2) is 7.01. The summed E-state index contributed by atoms with van der Waals surface area (Å²) in [5.41, 5.74) is 3.05. The van der Waals surface area contributed by atoms with E-state index in [9.17, 15) is 9.59 Å². The van der Waals surface area contributed by atoms with Crippen LogP contribution < -0.4 is 0 Å². The van der Waals surface area contributed by atoms with E-state index in [1.807, 2.05) is 36.9 Å². The summed E-state index contributed by atoms with van der Waals surface area (Å²) in [5.74, 6) is 0.438. The molecule has 1 amide bonds. The van der Waals surface area contributed by atoms with Crippen molar-refractivity contribution < 1.29 is 14.0 Å². The van der Waals surface area contributed by atoms with E-state index < -0.39 is 0 Å². The lowest BCUT2D eigenvalue weighted by Gasteiger charge is -2.34. The van der Waals surface area contributed by atoms with E-state index >= 15 is 0 Å². The molecule has 1 saturated heterocycles. The second-order valence-corrected chi connectivity index (χ2v) is 6.27. The highest BCUT2D eigenvalue weighted by atomic mass is 16.3. The van der Waals surface area contributed by atoms with Crippen LogP contribution in [0, 0.1) is 13.8 Å². The Bertz CT molecular complexity index is 729. The average molecular weight is 326 g/mol. The number of carbonyl (C=O) groups is 2. The van der Waals surface area contributed by atoms with Crippen LogP contribution in [0.25, 0.3) is 0 Å². The molecule has 0 spiro atoms. The smallest absolute Gasteiger partial charge is 0.253 e. The molecule has 2 heterocycles.